The lowest BCUT2D eigenvalue weighted by Crippen LogP contribution is -2.12. The van der Waals surface area contributed by atoms with Crippen molar-refractivity contribution in [3.63, 3.8) is 0 Å². The first-order chi connectivity index (χ1) is 10.2. The van der Waals surface area contributed by atoms with E-state index in [2.05, 4.69) is 32.7 Å². The van der Waals surface area contributed by atoms with Gasteiger partial charge in [0, 0.05) is 5.56 Å². The summed E-state index contributed by atoms with van der Waals surface area (Å²) in [5, 5.41) is 11.5. The zero-order valence-corrected chi connectivity index (χ0v) is 14.0. The number of rotatable bonds is 4. The van der Waals surface area contributed by atoms with Gasteiger partial charge in [-0.3, -0.25) is 5.32 Å². The minimum Gasteiger partial charge on any atom is -0.465 e. The van der Waals surface area contributed by atoms with E-state index in [4.69, 9.17) is 5.11 Å². The summed E-state index contributed by atoms with van der Waals surface area (Å²) in [5.74, 6) is 0. The molecule has 0 atom stereocenters. The Balaban J connectivity index is 3.49. The van der Waals surface area contributed by atoms with Gasteiger partial charge in [0.1, 0.15) is 0 Å². The number of hydrogen-bond donors (Lipinski definition) is 2. The average molecular weight is 299 g/mol. The summed E-state index contributed by atoms with van der Waals surface area (Å²) < 4.78 is 0. The van der Waals surface area contributed by atoms with Gasteiger partial charge in [0.2, 0.25) is 0 Å². The zero-order chi connectivity index (χ0) is 16.9. The second-order valence-corrected chi connectivity index (χ2v) is 6.24. The van der Waals surface area contributed by atoms with Crippen molar-refractivity contribution in [3.8, 4) is 0 Å². The molecule has 0 fully saturated rings. The van der Waals surface area contributed by atoms with Gasteiger partial charge in [-0.15, -0.1) is 0 Å². The van der Waals surface area contributed by atoms with Crippen LogP contribution in [0.1, 0.15) is 40.2 Å². The van der Waals surface area contributed by atoms with Crippen LogP contribution in [0, 0.1) is 5.41 Å². The van der Waals surface area contributed by atoms with Gasteiger partial charge in [0.05, 0.1) is 5.69 Å². The Morgan fingerprint density at radius 3 is 2.36 bits per heavy atom. The Bertz CT molecular complexity index is 631. The van der Waals surface area contributed by atoms with E-state index in [1.807, 2.05) is 44.2 Å². The molecule has 1 aromatic carbocycles. The van der Waals surface area contributed by atoms with Crippen molar-refractivity contribution in [2.24, 2.45) is 5.41 Å². The Kier molecular flexibility index (Phi) is 5.75. The molecule has 22 heavy (non-hydrogen) atoms. The highest BCUT2D eigenvalue weighted by atomic mass is 16.4. The quantitative estimate of drug-likeness (QED) is 0.698. The molecular weight excluding hydrogens is 274 g/mol. The number of hydrogen-bond acceptors (Lipinski definition) is 1. The Morgan fingerprint density at radius 2 is 1.86 bits per heavy atom. The summed E-state index contributed by atoms with van der Waals surface area (Å²) in [5.41, 5.74) is 4.44. The second kappa shape index (κ2) is 7.12. The average Bonchev–Trinajstić information content (AvgIpc) is 2.42. The second-order valence-electron chi connectivity index (χ2n) is 6.24. The van der Waals surface area contributed by atoms with Gasteiger partial charge in [0.15, 0.2) is 0 Å². The van der Waals surface area contributed by atoms with Crippen molar-refractivity contribution in [2.45, 2.75) is 34.6 Å². The highest BCUT2D eigenvalue weighted by Crippen LogP contribution is 2.36. The summed E-state index contributed by atoms with van der Waals surface area (Å²) >= 11 is 0. The molecule has 3 heteroatoms. The van der Waals surface area contributed by atoms with Crippen LogP contribution in [-0.2, 0) is 0 Å². The predicted molar refractivity (Wildman–Crippen MR) is 94.1 cm³/mol. The minimum atomic E-state index is -1.07. The summed E-state index contributed by atoms with van der Waals surface area (Å²) in [6, 6.07) is 7.40. The van der Waals surface area contributed by atoms with Gasteiger partial charge in [-0.1, -0.05) is 57.7 Å². The van der Waals surface area contributed by atoms with E-state index in [1.54, 1.807) is 6.07 Å². The van der Waals surface area contributed by atoms with Gasteiger partial charge in [-0.25, -0.2) is 4.79 Å². The largest absolute Gasteiger partial charge is 0.465 e. The first kappa shape index (κ1) is 17.8. The molecule has 1 rings (SSSR count). The van der Waals surface area contributed by atoms with Crippen molar-refractivity contribution in [1.82, 2.24) is 0 Å². The fourth-order valence-electron chi connectivity index (χ4n) is 2.20. The van der Waals surface area contributed by atoms with Crippen LogP contribution in [0.5, 0.6) is 0 Å². The number of carbonyl (C=O) groups is 1. The molecule has 2 N–H and O–H groups in total. The number of carboxylic acid groups (broad SMARTS) is 1. The lowest BCUT2D eigenvalue weighted by molar-refractivity contribution is 0.209. The third-order valence-electron chi connectivity index (χ3n) is 3.54. The molecule has 1 aromatic rings. The number of para-hydroxylation sites is 1. The summed E-state index contributed by atoms with van der Waals surface area (Å²) in [6.07, 6.45) is 2.94. The summed E-state index contributed by atoms with van der Waals surface area (Å²) in [4.78, 5) is 11.0. The van der Waals surface area contributed by atoms with Gasteiger partial charge in [-0.2, -0.15) is 0 Å². The highest BCUT2D eigenvalue weighted by Gasteiger charge is 2.20. The summed E-state index contributed by atoms with van der Waals surface area (Å²) in [7, 11) is 0. The van der Waals surface area contributed by atoms with E-state index in [-0.39, 0.29) is 5.41 Å². The van der Waals surface area contributed by atoms with Crippen LogP contribution in [0.4, 0.5) is 10.5 Å². The topological polar surface area (TPSA) is 49.3 Å². The van der Waals surface area contributed by atoms with Crippen molar-refractivity contribution in [2.75, 3.05) is 5.32 Å². The normalized spacial score (nSPS) is 13.0. The van der Waals surface area contributed by atoms with Crippen molar-refractivity contribution in [3.05, 3.63) is 59.7 Å². The maximum Gasteiger partial charge on any atom is 0.409 e. The van der Waals surface area contributed by atoms with Crippen LogP contribution in [0.25, 0.3) is 5.57 Å². The molecule has 0 unspecified atom stereocenters. The standard InChI is InChI=1S/C19H25NO2/c1-7-10-15(14(3)19(4,5)6)13(2)16-11-8-9-12-17(16)20-18(21)22/h7-12,20H,3H2,1-2,4-6H3,(H,21,22)/b10-7-,15-13-. The van der Waals surface area contributed by atoms with E-state index in [0.29, 0.717) is 5.69 Å². The van der Waals surface area contributed by atoms with E-state index < -0.39 is 6.09 Å². The fourth-order valence-corrected chi connectivity index (χ4v) is 2.20. The van der Waals surface area contributed by atoms with E-state index in [1.165, 1.54) is 0 Å². The molecule has 0 bridgehead atoms. The Hall–Kier alpha value is -2.29. The van der Waals surface area contributed by atoms with Crippen LogP contribution in [0.2, 0.25) is 0 Å². The van der Waals surface area contributed by atoms with E-state index in [9.17, 15) is 4.79 Å². The smallest absolute Gasteiger partial charge is 0.409 e. The first-order valence-electron chi connectivity index (χ1n) is 7.31. The summed E-state index contributed by atoms with van der Waals surface area (Å²) in [6.45, 7) is 14.5. The lowest BCUT2D eigenvalue weighted by atomic mass is 9.80. The molecule has 0 aromatic heterocycles. The molecule has 3 nitrogen and oxygen atoms in total. The third-order valence-corrected chi connectivity index (χ3v) is 3.54. The Labute approximate surface area is 133 Å². The lowest BCUT2D eigenvalue weighted by Gasteiger charge is -2.25. The number of nitrogens with one attached hydrogen (secondary N) is 1. The number of anilines is 1. The molecule has 0 saturated carbocycles. The number of amides is 1. The SMILES string of the molecule is C=C(C(/C=C\C)=C(/C)c1ccccc1NC(=O)O)C(C)(C)C. The molecule has 0 aliphatic heterocycles. The van der Waals surface area contributed by atoms with E-state index >= 15 is 0 Å². The van der Waals surface area contributed by atoms with Crippen molar-refractivity contribution in [1.29, 1.82) is 0 Å². The molecule has 1 amide bonds. The third kappa shape index (κ3) is 4.35. The fraction of sp³-hybridized carbons (Fsp3) is 0.316. The van der Waals surface area contributed by atoms with Crippen LogP contribution in [-0.4, -0.2) is 11.2 Å². The zero-order valence-electron chi connectivity index (χ0n) is 14.0. The molecule has 0 saturated heterocycles. The molecule has 0 heterocycles. The molecule has 0 spiro atoms. The van der Waals surface area contributed by atoms with Crippen molar-refractivity contribution >= 4 is 17.4 Å². The van der Waals surface area contributed by atoms with Gasteiger partial charge in [0.25, 0.3) is 0 Å². The Morgan fingerprint density at radius 1 is 1.27 bits per heavy atom. The molecule has 0 aliphatic rings. The number of allylic oxidation sites excluding steroid dienone is 5. The van der Waals surface area contributed by atoms with Crippen LogP contribution in [0.3, 0.4) is 0 Å². The van der Waals surface area contributed by atoms with Crippen LogP contribution in [0.15, 0.2) is 54.1 Å². The maximum atomic E-state index is 11.0. The molecule has 118 valence electrons. The van der Waals surface area contributed by atoms with Gasteiger partial charge >= 0.3 is 6.09 Å². The minimum absolute atomic E-state index is 0.0642. The van der Waals surface area contributed by atoms with E-state index in [0.717, 1.165) is 22.3 Å². The van der Waals surface area contributed by atoms with Gasteiger partial charge < -0.3 is 5.11 Å². The van der Waals surface area contributed by atoms with Crippen molar-refractivity contribution < 1.29 is 9.90 Å². The number of benzene rings is 1. The highest BCUT2D eigenvalue weighted by molar-refractivity contribution is 5.90. The molecular formula is C19H25NO2. The van der Waals surface area contributed by atoms with Crippen LogP contribution < -0.4 is 5.32 Å². The van der Waals surface area contributed by atoms with Gasteiger partial charge in [-0.05, 0) is 42.0 Å². The van der Waals surface area contributed by atoms with Crippen LogP contribution >= 0.6 is 0 Å². The molecule has 0 radical (unpaired) electrons. The maximum absolute atomic E-state index is 11.0. The predicted octanol–water partition coefficient (Wildman–Crippen LogP) is 5.73. The first-order valence-corrected chi connectivity index (χ1v) is 7.31. The molecule has 0 aliphatic carbocycles. The monoisotopic (exact) mass is 299 g/mol.